The molecule has 1 atom stereocenters. The molecular weight excluding hydrogens is 528 g/mol. The van der Waals surface area contributed by atoms with E-state index in [0.29, 0.717) is 10.6 Å². The van der Waals surface area contributed by atoms with Gasteiger partial charge in [-0.25, -0.2) is 13.2 Å². The number of sulfone groups is 1. The van der Waals surface area contributed by atoms with Gasteiger partial charge >= 0.3 is 5.97 Å². The number of para-hydroxylation sites is 1. The normalized spacial score (nSPS) is 18.6. The number of aryl methyl sites for hydroxylation is 1. The first-order valence-electron chi connectivity index (χ1n) is 12.6. The molecular formula is C27H28N2O7S2. The van der Waals surface area contributed by atoms with Crippen molar-refractivity contribution in [3.05, 3.63) is 64.4 Å². The summed E-state index contributed by atoms with van der Waals surface area (Å²) in [6, 6.07) is 9.24. The fourth-order valence-corrected chi connectivity index (χ4v) is 8.19. The van der Waals surface area contributed by atoms with Gasteiger partial charge in [-0.15, -0.1) is 11.3 Å². The lowest BCUT2D eigenvalue weighted by atomic mass is 10.1. The standard InChI is InChI=1S/C27H28N2O7S2/c1-2-35-27(32)25-17-9-4-3-5-12-20(17)37-26(25)28-23(30)16-29-18-10-6-7-13-21(18)38(33,34)22(15-24(29)31)19-11-8-14-36-19/h6-8,10-11,13-14,22H,2-5,9,12,15-16H2,1H3,(H,28,30). The van der Waals surface area contributed by atoms with Gasteiger partial charge in [0.25, 0.3) is 0 Å². The molecule has 5 rings (SSSR count). The Morgan fingerprint density at radius 2 is 1.92 bits per heavy atom. The van der Waals surface area contributed by atoms with Crippen molar-refractivity contribution >= 4 is 49.6 Å². The molecule has 2 amide bonds. The Kier molecular flexibility index (Phi) is 7.40. The molecule has 3 aromatic rings. The SMILES string of the molecule is CCOC(=O)c1c(NC(=O)CN2C(=O)CC(c3ccco3)S(=O)(=O)c3ccccc32)sc2c1CCCCC2. The number of carbonyl (C=O) groups excluding carboxylic acids is 3. The number of nitrogens with one attached hydrogen (secondary N) is 1. The minimum absolute atomic E-state index is 0.0462. The summed E-state index contributed by atoms with van der Waals surface area (Å²) in [6.45, 7) is 1.52. The van der Waals surface area contributed by atoms with Gasteiger partial charge in [0, 0.05) is 4.88 Å². The first-order valence-corrected chi connectivity index (χ1v) is 15.0. The van der Waals surface area contributed by atoms with Crippen molar-refractivity contribution in [3.63, 3.8) is 0 Å². The van der Waals surface area contributed by atoms with Crippen LogP contribution in [0.25, 0.3) is 0 Å². The Morgan fingerprint density at radius 3 is 2.68 bits per heavy atom. The highest BCUT2D eigenvalue weighted by molar-refractivity contribution is 7.92. The Hall–Kier alpha value is -3.44. The number of furan rings is 1. The van der Waals surface area contributed by atoms with Crippen molar-refractivity contribution < 1.29 is 32.0 Å². The van der Waals surface area contributed by atoms with Gasteiger partial charge in [-0.05, 0) is 62.4 Å². The van der Waals surface area contributed by atoms with E-state index in [9.17, 15) is 22.8 Å². The van der Waals surface area contributed by atoms with Crippen molar-refractivity contribution in [2.75, 3.05) is 23.4 Å². The van der Waals surface area contributed by atoms with E-state index >= 15 is 0 Å². The quantitative estimate of drug-likeness (QED) is 0.346. The molecule has 1 N–H and O–H groups in total. The summed E-state index contributed by atoms with van der Waals surface area (Å²) in [5.41, 5.74) is 1.43. The molecule has 0 saturated heterocycles. The van der Waals surface area contributed by atoms with Crippen LogP contribution in [0.2, 0.25) is 0 Å². The van der Waals surface area contributed by atoms with Crippen LogP contribution >= 0.6 is 11.3 Å². The molecule has 200 valence electrons. The number of carbonyl (C=O) groups is 3. The number of esters is 1. The number of nitrogens with zero attached hydrogens (tertiary/aromatic N) is 1. The molecule has 11 heteroatoms. The van der Waals surface area contributed by atoms with E-state index in [2.05, 4.69) is 5.32 Å². The molecule has 1 aromatic carbocycles. The lowest BCUT2D eigenvalue weighted by Gasteiger charge is -2.21. The van der Waals surface area contributed by atoms with Crippen LogP contribution in [0.1, 0.15) is 64.4 Å². The lowest BCUT2D eigenvalue weighted by Crippen LogP contribution is -2.38. The van der Waals surface area contributed by atoms with Gasteiger partial charge in [-0.2, -0.15) is 0 Å². The van der Waals surface area contributed by atoms with Gasteiger partial charge in [-0.3, -0.25) is 9.59 Å². The maximum absolute atomic E-state index is 13.5. The molecule has 0 spiro atoms. The van der Waals surface area contributed by atoms with Crippen LogP contribution in [0, 0.1) is 0 Å². The summed E-state index contributed by atoms with van der Waals surface area (Å²) >= 11 is 1.36. The van der Waals surface area contributed by atoms with Crippen molar-refractivity contribution in [2.45, 2.75) is 55.6 Å². The minimum Gasteiger partial charge on any atom is -0.468 e. The van der Waals surface area contributed by atoms with E-state index in [1.807, 2.05) is 0 Å². The number of anilines is 2. The monoisotopic (exact) mass is 556 g/mol. The summed E-state index contributed by atoms with van der Waals surface area (Å²) in [4.78, 5) is 41.8. The van der Waals surface area contributed by atoms with Crippen molar-refractivity contribution in [3.8, 4) is 0 Å². The highest BCUT2D eigenvalue weighted by atomic mass is 32.2. The molecule has 38 heavy (non-hydrogen) atoms. The van der Waals surface area contributed by atoms with E-state index < -0.39 is 39.4 Å². The fourth-order valence-electron chi connectivity index (χ4n) is 5.05. The van der Waals surface area contributed by atoms with E-state index in [0.717, 1.165) is 42.5 Å². The average molecular weight is 557 g/mol. The third-order valence-corrected chi connectivity index (χ3v) is 10.1. The predicted octanol–water partition coefficient (Wildman–Crippen LogP) is 4.68. The maximum atomic E-state index is 13.5. The molecule has 1 aliphatic heterocycles. The van der Waals surface area contributed by atoms with Crippen LogP contribution < -0.4 is 10.2 Å². The number of hydrogen-bond acceptors (Lipinski definition) is 8. The van der Waals surface area contributed by atoms with Gasteiger partial charge < -0.3 is 19.4 Å². The largest absolute Gasteiger partial charge is 0.468 e. The van der Waals surface area contributed by atoms with E-state index in [4.69, 9.17) is 9.15 Å². The zero-order valence-electron chi connectivity index (χ0n) is 20.9. The van der Waals surface area contributed by atoms with Crippen LogP contribution in [-0.2, 0) is 37.0 Å². The molecule has 0 radical (unpaired) electrons. The average Bonchev–Trinajstić information content (AvgIpc) is 3.46. The number of ether oxygens (including phenoxy) is 1. The summed E-state index contributed by atoms with van der Waals surface area (Å²) in [5, 5.41) is 2.02. The molecule has 9 nitrogen and oxygen atoms in total. The second-order valence-corrected chi connectivity index (χ2v) is 12.4. The van der Waals surface area contributed by atoms with Gasteiger partial charge in [0.2, 0.25) is 11.8 Å². The van der Waals surface area contributed by atoms with Crippen molar-refractivity contribution in [2.24, 2.45) is 0 Å². The van der Waals surface area contributed by atoms with Crippen molar-refractivity contribution in [1.29, 1.82) is 0 Å². The summed E-state index contributed by atoms with van der Waals surface area (Å²) in [6.07, 6.45) is 5.58. The maximum Gasteiger partial charge on any atom is 0.341 e. The topological polar surface area (TPSA) is 123 Å². The first-order chi connectivity index (χ1) is 18.3. The Balaban J connectivity index is 1.46. The molecule has 1 aliphatic carbocycles. The number of amides is 2. The fraction of sp³-hybridized carbons (Fsp3) is 0.370. The second-order valence-electron chi connectivity index (χ2n) is 9.24. The summed E-state index contributed by atoms with van der Waals surface area (Å²) in [5.74, 6) is -1.38. The van der Waals surface area contributed by atoms with Crippen LogP contribution in [0.4, 0.5) is 10.7 Å². The van der Waals surface area contributed by atoms with Gasteiger partial charge in [0.1, 0.15) is 22.6 Å². The van der Waals surface area contributed by atoms with E-state index in [-0.39, 0.29) is 29.4 Å². The molecule has 0 fully saturated rings. The minimum atomic E-state index is -3.98. The van der Waals surface area contributed by atoms with Crippen LogP contribution in [-0.4, -0.2) is 39.4 Å². The predicted molar refractivity (Wildman–Crippen MR) is 142 cm³/mol. The van der Waals surface area contributed by atoms with Crippen LogP contribution in [0.3, 0.4) is 0 Å². The summed E-state index contributed by atoms with van der Waals surface area (Å²) < 4.78 is 37.7. The Bertz CT molecular complexity index is 1470. The highest BCUT2D eigenvalue weighted by Crippen LogP contribution is 2.41. The Morgan fingerprint density at radius 1 is 1.13 bits per heavy atom. The molecule has 3 heterocycles. The van der Waals surface area contributed by atoms with Crippen LogP contribution in [0.5, 0.6) is 0 Å². The first kappa shape index (κ1) is 26.2. The third kappa shape index (κ3) is 4.88. The third-order valence-electron chi connectivity index (χ3n) is 6.81. The number of thiophene rings is 1. The number of rotatable bonds is 6. The van der Waals surface area contributed by atoms with E-state index in [1.54, 1.807) is 25.1 Å². The molecule has 1 unspecified atom stereocenters. The molecule has 0 saturated carbocycles. The Labute approximate surface area is 224 Å². The van der Waals surface area contributed by atoms with Gasteiger partial charge in [-0.1, -0.05) is 18.6 Å². The molecule has 2 aromatic heterocycles. The van der Waals surface area contributed by atoms with Crippen LogP contribution in [0.15, 0.2) is 52.0 Å². The lowest BCUT2D eigenvalue weighted by molar-refractivity contribution is -0.121. The van der Waals surface area contributed by atoms with E-state index in [1.165, 1.54) is 40.7 Å². The van der Waals surface area contributed by atoms with Gasteiger partial charge in [0.15, 0.2) is 9.84 Å². The number of benzene rings is 1. The zero-order chi connectivity index (χ0) is 26.9. The number of hydrogen-bond donors (Lipinski definition) is 1. The highest BCUT2D eigenvalue weighted by Gasteiger charge is 2.41. The smallest absolute Gasteiger partial charge is 0.341 e. The zero-order valence-corrected chi connectivity index (χ0v) is 22.5. The summed E-state index contributed by atoms with van der Waals surface area (Å²) in [7, 11) is -3.98. The number of fused-ring (bicyclic) bond motifs is 2. The molecule has 0 bridgehead atoms. The second kappa shape index (κ2) is 10.7. The van der Waals surface area contributed by atoms with Crippen molar-refractivity contribution in [1.82, 2.24) is 0 Å². The van der Waals surface area contributed by atoms with Gasteiger partial charge in [0.05, 0.1) is 35.4 Å². The molecule has 2 aliphatic rings.